The molecule has 0 saturated carbocycles. The first-order valence-electron chi connectivity index (χ1n) is 6.77. The Hall–Kier alpha value is -1.71. The molecule has 2 heterocycles. The molecule has 0 aliphatic carbocycles. The van der Waals surface area contributed by atoms with E-state index in [1.165, 1.54) is 5.39 Å². The maximum absolute atomic E-state index is 5.83. The van der Waals surface area contributed by atoms with Crippen molar-refractivity contribution < 1.29 is 0 Å². The van der Waals surface area contributed by atoms with Gasteiger partial charge in [0.2, 0.25) is 0 Å². The zero-order valence-electron chi connectivity index (χ0n) is 11.0. The minimum atomic E-state index is 0.500. The van der Waals surface area contributed by atoms with E-state index in [1.54, 1.807) is 0 Å². The summed E-state index contributed by atoms with van der Waals surface area (Å²) in [7, 11) is 0. The molecule has 0 spiro atoms. The van der Waals surface area contributed by atoms with Crippen molar-refractivity contribution in [3.63, 3.8) is 0 Å². The van der Waals surface area contributed by atoms with Gasteiger partial charge < -0.3 is 11.1 Å². The van der Waals surface area contributed by atoms with Gasteiger partial charge in [-0.2, -0.15) is 5.10 Å². The van der Waals surface area contributed by atoms with Gasteiger partial charge in [0.1, 0.15) is 5.82 Å². The lowest BCUT2D eigenvalue weighted by Crippen LogP contribution is -2.31. The lowest BCUT2D eigenvalue weighted by Gasteiger charge is -2.31. The second kappa shape index (κ2) is 4.19. The Morgan fingerprint density at radius 1 is 1.39 bits per heavy atom. The fourth-order valence-corrected chi connectivity index (χ4v) is 2.82. The topological polar surface area (TPSA) is 55.9 Å². The van der Waals surface area contributed by atoms with E-state index >= 15 is 0 Å². The summed E-state index contributed by atoms with van der Waals surface area (Å²) >= 11 is 0. The van der Waals surface area contributed by atoms with Gasteiger partial charge in [-0.1, -0.05) is 13.8 Å². The predicted octanol–water partition coefficient (Wildman–Crippen LogP) is 3.16. The van der Waals surface area contributed by atoms with Gasteiger partial charge in [0.15, 0.2) is 0 Å². The maximum atomic E-state index is 5.83. The number of benzene rings is 1. The van der Waals surface area contributed by atoms with E-state index in [0.717, 1.165) is 36.3 Å². The Balaban J connectivity index is 2.16. The quantitative estimate of drug-likeness (QED) is 0.798. The van der Waals surface area contributed by atoms with Gasteiger partial charge >= 0.3 is 0 Å². The molecule has 4 nitrogen and oxygen atoms in total. The van der Waals surface area contributed by atoms with Crippen LogP contribution in [0.15, 0.2) is 18.2 Å². The van der Waals surface area contributed by atoms with Gasteiger partial charge in [-0.3, -0.25) is 0 Å². The number of nitrogens with two attached hydrogens (primary N) is 1. The Labute approximate surface area is 107 Å². The summed E-state index contributed by atoms with van der Waals surface area (Å²) < 4.78 is 2.15. The van der Waals surface area contributed by atoms with E-state index in [4.69, 9.17) is 10.8 Å². The third kappa shape index (κ3) is 1.64. The number of nitrogens with zero attached hydrogens (tertiary/aromatic N) is 2. The summed E-state index contributed by atoms with van der Waals surface area (Å²) in [6.07, 6.45) is 3.43. The highest BCUT2D eigenvalue weighted by molar-refractivity contribution is 5.92. The number of rotatable bonds is 2. The highest BCUT2D eigenvalue weighted by Crippen LogP contribution is 2.35. The van der Waals surface area contributed by atoms with Crippen LogP contribution in [0.25, 0.3) is 10.9 Å². The first kappa shape index (κ1) is 11.4. The standard InChI is InChI=1S/C14H20N4/c1-3-10-8-11(4-2)18-14(16-10)12-6-5-9(15)7-13(12)17-18/h5-7,10-11,16H,3-4,8,15H2,1-2H3. The lowest BCUT2D eigenvalue weighted by molar-refractivity contribution is 0.365. The molecule has 0 saturated heterocycles. The van der Waals surface area contributed by atoms with E-state index in [9.17, 15) is 0 Å². The van der Waals surface area contributed by atoms with Crippen LogP contribution in [-0.2, 0) is 0 Å². The molecule has 0 amide bonds. The third-order valence-corrected chi connectivity index (χ3v) is 3.93. The fourth-order valence-electron chi connectivity index (χ4n) is 2.82. The summed E-state index contributed by atoms with van der Waals surface area (Å²) in [6, 6.07) is 7.03. The van der Waals surface area contributed by atoms with Crippen molar-refractivity contribution in [2.24, 2.45) is 0 Å². The zero-order chi connectivity index (χ0) is 12.7. The SMILES string of the molecule is CCC1CC(CC)n2nc3cc(N)ccc3c2N1. The van der Waals surface area contributed by atoms with Crippen molar-refractivity contribution in [2.75, 3.05) is 11.1 Å². The average molecular weight is 244 g/mol. The minimum absolute atomic E-state index is 0.500. The van der Waals surface area contributed by atoms with Gasteiger partial charge in [-0.25, -0.2) is 4.68 Å². The molecule has 0 fully saturated rings. The normalized spacial score (nSPS) is 22.8. The van der Waals surface area contributed by atoms with Crippen LogP contribution < -0.4 is 11.1 Å². The van der Waals surface area contributed by atoms with E-state index < -0.39 is 0 Å². The van der Waals surface area contributed by atoms with Crippen LogP contribution in [0, 0.1) is 0 Å². The van der Waals surface area contributed by atoms with Crippen LogP contribution >= 0.6 is 0 Å². The molecular formula is C14H20N4. The third-order valence-electron chi connectivity index (χ3n) is 3.93. The summed E-state index contributed by atoms with van der Waals surface area (Å²) in [4.78, 5) is 0. The molecule has 1 aliphatic rings. The Kier molecular flexibility index (Phi) is 2.65. The van der Waals surface area contributed by atoms with Crippen molar-refractivity contribution in [3.8, 4) is 0 Å². The molecule has 2 unspecified atom stereocenters. The average Bonchev–Trinajstić information content (AvgIpc) is 2.74. The first-order valence-corrected chi connectivity index (χ1v) is 6.77. The van der Waals surface area contributed by atoms with Crippen molar-refractivity contribution in [2.45, 2.75) is 45.2 Å². The van der Waals surface area contributed by atoms with Crippen molar-refractivity contribution in [3.05, 3.63) is 18.2 Å². The fraction of sp³-hybridized carbons (Fsp3) is 0.500. The number of hydrogen-bond acceptors (Lipinski definition) is 3. The van der Waals surface area contributed by atoms with E-state index in [-0.39, 0.29) is 0 Å². The molecule has 4 heteroatoms. The molecule has 96 valence electrons. The van der Waals surface area contributed by atoms with Crippen LogP contribution in [0.1, 0.15) is 39.2 Å². The van der Waals surface area contributed by atoms with Gasteiger partial charge in [-0.15, -0.1) is 0 Å². The van der Waals surface area contributed by atoms with Gasteiger partial charge in [-0.05, 0) is 37.5 Å². The number of nitrogens with one attached hydrogen (secondary N) is 1. The van der Waals surface area contributed by atoms with Crippen LogP contribution in [0.5, 0.6) is 0 Å². The van der Waals surface area contributed by atoms with Crippen LogP contribution in [0.3, 0.4) is 0 Å². The smallest absolute Gasteiger partial charge is 0.132 e. The largest absolute Gasteiger partial charge is 0.399 e. The van der Waals surface area contributed by atoms with Crippen molar-refractivity contribution >= 4 is 22.4 Å². The highest BCUT2D eigenvalue weighted by atomic mass is 15.4. The highest BCUT2D eigenvalue weighted by Gasteiger charge is 2.26. The summed E-state index contributed by atoms with van der Waals surface area (Å²) in [5, 5.41) is 9.50. The predicted molar refractivity (Wildman–Crippen MR) is 75.8 cm³/mol. The summed E-state index contributed by atoms with van der Waals surface area (Å²) in [5.41, 5.74) is 7.60. The van der Waals surface area contributed by atoms with Gasteiger partial charge in [0, 0.05) is 17.1 Å². The van der Waals surface area contributed by atoms with E-state index in [2.05, 4.69) is 29.9 Å². The first-order chi connectivity index (χ1) is 8.72. The van der Waals surface area contributed by atoms with Crippen molar-refractivity contribution in [1.82, 2.24) is 9.78 Å². The molecule has 2 atom stereocenters. The van der Waals surface area contributed by atoms with Gasteiger partial charge in [0.25, 0.3) is 0 Å². The molecule has 2 aromatic rings. The molecule has 3 N–H and O–H groups in total. The molecule has 1 aliphatic heterocycles. The number of fused-ring (bicyclic) bond motifs is 3. The summed E-state index contributed by atoms with van der Waals surface area (Å²) in [5.74, 6) is 1.16. The molecule has 0 bridgehead atoms. The van der Waals surface area contributed by atoms with Gasteiger partial charge in [0.05, 0.1) is 11.6 Å². The molecule has 18 heavy (non-hydrogen) atoms. The zero-order valence-corrected chi connectivity index (χ0v) is 11.0. The second-order valence-corrected chi connectivity index (χ2v) is 5.12. The van der Waals surface area contributed by atoms with E-state index in [1.807, 2.05) is 12.1 Å². The Bertz CT molecular complexity index is 572. The molecule has 3 rings (SSSR count). The van der Waals surface area contributed by atoms with Crippen molar-refractivity contribution in [1.29, 1.82) is 0 Å². The Morgan fingerprint density at radius 3 is 2.94 bits per heavy atom. The summed E-state index contributed by atoms with van der Waals surface area (Å²) in [6.45, 7) is 4.46. The van der Waals surface area contributed by atoms with Crippen LogP contribution in [0.2, 0.25) is 0 Å². The molecule has 0 radical (unpaired) electrons. The van der Waals surface area contributed by atoms with Crippen LogP contribution in [0.4, 0.5) is 11.5 Å². The second-order valence-electron chi connectivity index (χ2n) is 5.12. The maximum Gasteiger partial charge on any atom is 0.132 e. The number of anilines is 2. The number of nitrogen functional groups attached to an aromatic ring is 1. The van der Waals surface area contributed by atoms with Crippen LogP contribution in [-0.4, -0.2) is 15.8 Å². The van der Waals surface area contributed by atoms with E-state index in [0.29, 0.717) is 12.1 Å². The monoisotopic (exact) mass is 244 g/mol. The number of hydrogen-bond donors (Lipinski definition) is 2. The number of aromatic nitrogens is 2. The Morgan fingerprint density at radius 2 is 2.22 bits per heavy atom. The minimum Gasteiger partial charge on any atom is -0.399 e. The molecule has 1 aromatic carbocycles. The molecule has 1 aromatic heterocycles. The lowest BCUT2D eigenvalue weighted by atomic mass is 10.0. The molecular weight excluding hydrogens is 224 g/mol.